The van der Waals surface area contributed by atoms with Crippen molar-refractivity contribution >= 4 is 0 Å². The van der Waals surface area contributed by atoms with Crippen LogP contribution in [0.15, 0.2) is 0 Å². The highest BCUT2D eigenvalue weighted by molar-refractivity contribution is 5.02. The fourth-order valence-electron chi connectivity index (χ4n) is 1.19. The number of aliphatic hydroxyl groups excluding tert-OH is 3. The van der Waals surface area contributed by atoms with Crippen molar-refractivity contribution < 1.29 is 24.8 Å². The molecule has 1 heterocycles. The zero-order chi connectivity index (χ0) is 9.84. The summed E-state index contributed by atoms with van der Waals surface area (Å²) in [4.78, 5) is 0. The lowest BCUT2D eigenvalue weighted by molar-refractivity contribution is -0.0112. The van der Waals surface area contributed by atoms with Crippen LogP contribution in [0.3, 0.4) is 0 Å². The van der Waals surface area contributed by atoms with Gasteiger partial charge in [-0.2, -0.15) is 0 Å². The molecule has 0 unspecified atom stereocenters. The molecule has 0 aromatic carbocycles. The van der Waals surface area contributed by atoms with E-state index in [0.717, 1.165) is 0 Å². The van der Waals surface area contributed by atoms with Crippen molar-refractivity contribution in [3.05, 3.63) is 6.10 Å². The van der Waals surface area contributed by atoms with Gasteiger partial charge in [-0.1, -0.05) is 0 Å². The Kier molecular flexibility index (Phi) is 4.08. The molecule has 1 aliphatic rings. The lowest BCUT2D eigenvalue weighted by atomic mass is 10.1. The van der Waals surface area contributed by atoms with Crippen molar-refractivity contribution in [1.29, 1.82) is 0 Å². The van der Waals surface area contributed by atoms with E-state index in [-0.39, 0.29) is 19.3 Å². The first kappa shape index (κ1) is 10.9. The van der Waals surface area contributed by atoms with Crippen LogP contribution in [-0.4, -0.2) is 53.5 Å². The molecule has 0 aromatic rings. The van der Waals surface area contributed by atoms with E-state index in [1.54, 1.807) is 0 Å². The SMILES string of the molecule is CCOC[C]1O[C@H](CO)[C@@H](O)[C@H]1O. The normalized spacial score (nSPS) is 35.5. The van der Waals surface area contributed by atoms with Gasteiger partial charge in [0.2, 0.25) is 0 Å². The zero-order valence-corrected chi connectivity index (χ0v) is 7.51. The fraction of sp³-hybridized carbons (Fsp3) is 0.875. The van der Waals surface area contributed by atoms with Gasteiger partial charge in [-0.3, -0.25) is 0 Å². The quantitative estimate of drug-likeness (QED) is 0.513. The summed E-state index contributed by atoms with van der Waals surface area (Å²) in [7, 11) is 0. The van der Waals surface area contributed by atoms with E-state index in [1.165, 1.54) is 0 Å². The maximum Gasteiger partial charge on any atom is 0.154 e. The van der Waals surface area contributed by atoms with Gasteiger partial charge < -0.3 is 24.8 Å². The van der Waals surface area contributed by atoms with Crippen LogP contribution in [0.1, 0.15) is 6.92 Å². The van der Waals surface area contributed by atoms with E-state index in [0.29, 0.717) is 6.61 Å². The third-order valence-electron chi connectivity index (χ3n) is 1.97. The highest BCUT2D eigenvalue weighted by Gasteiger charge is 2.43. The van der Waals surface area contributed by atoms with Crippen LogP contribution < -0.4 is 0 Å². The molecule has 0 spiro atoms. The average molecular weight is 191 g/mol. The minimum absolute atomic E-state index is 0.158. The summed E-state index contributed by atoms with van der Waals surface area (Å²) in [6.45, 7) is 2.18. The second kappa shape index (κ2) is 4.88. The van der Waals surface area contributed by atoms with Crippen LogP contribution in [0.25, 0.3) is 0 Å². The Bertz CT molecular complexity index is 151. The van der Waals surface area contributed by atoms with Crippen molar-refractivity contribution in [3.63, 3.8) is 0 Å². The first-order chi connectivity index (χ1) is 6.20. The van der Waals surface area contributed by atoms with Crippen LogP contribution in [0.2, 0.25) is 0 Å². The standard InChI is InChI=1S/C8H15O5/c1-2-12-4-6-8(11)7(10)5(3-9)13-6/h5,7-11H,2-4H2,1H3/t5-,7-,8+/m1/s1. The Morgan fingerprint density at radius 1 is 1.46 bits per heavy atom. The summed E-state index contributed by atoms with van der Waals surface area (Å²) in [5.41, 5.74) is 0. The molecule has 3 N–H and O–H groups in total. The molecule has 3 atom stereocenters. The number of hydrogen-bond acceptors (Lipinski definition) is 5. The topological polar surface area (TPSA) is 79.2 Å². The molecule has 1 rings (SSSR count). The molecule has 1 aliphatic heterocycles. The summed E-state index contributed by atoms with van der Waals surface area (Å²) in [6.07, 6.45) is -2.55. The first-order valence-electron chi connectivity index (χ1n) is 4.27. The molecular formula is C8H15O5. The molecule has 0 amide bonds. The first-order valence-corrected chi connectivity index (χ1v) is 4.27. The molecule has 0 bridgehead atoms. The molecule has 5 heteroatoms. The zero-order valence-electron chi connectivity index (χ0n) is 7.51. The Labute approximate surface area is 76.9 Å². The van der Waals surface area contributed by atoms with Gasteiger partial charge in [-0.25, -0.2) is 0 Å². The Balaban J connectivity index is 2.40. The van der Waals surface area contributed by atoms with Gasteiger partial charge in [-0.15, -0.1) is 0 Å². The van der Waals surface area contributed by atoms with Crippen LogP contribution in [0, 0.1) is 6.10 Å². The third kappa shape index (κ3) is 2.38. The minimum atomic E-state index is -1.06. The van der Waals surface area contributed by atoms with Crippen molar-refractivity contribution in [1.82, 2.24) is 0 Å². The van der Waals surface area contributed by atoms with Crippen LogP contribution in [0.5, 0.6) is 0 Å². The van der Waals surface area contributed by atoms with Gasteiger partial charge in [0, 0.05) is 6.61 Å². The number of rotatable bonds is 4. The third-order valence-corrected chi connectivity index (χ3v) is 1.97. The molecule has 1 saturated heterocycles. The van der Waals surface area contributed by atoms with E-state index in [1.807, 2.05) is 6.92 Å². The summed E-state index contributed by atoms with van der Waals surface area (Å²) in [5.74, 6) is 0. The van der Waals surface area contributed by atoms with E-state index in [4.69, 9.17) is 14.6 Å². The van der Waals surface area contributed by atoms with Crippen molar-refractivity contribution in [3.8, 4) is 0 Å². The van der Waals surface area contributed by atoms with E-state index >= 15 is 0 Å². The van der Waals surface area contributed by atoms with Crippen LogP contribution >= 0.6 is 0 Å². The van der Waals surface area contributed by atoms with Crippen molar-refractivity contribution in [2.75, 3.05) is 19.8 Å². The monoisotopic (exact) mass is 191 g/mol. The number of aliphatic hydroxyl groups is 3. The second-order valence-electron chi connectivity index (χ2n) is 2.88. The maximum absolute atomic E-state index is 9.38. The molecule has 1 radical (unpaired) electrons. The van der Waals surface area contributed by atoms with E-state index < -0.39 is 18.3 Å². The highest BCUT2D eigenvalue weighted by Crippen LogP contribution is 2.26. The molecular weight excluding hydrogens is 176 g/mol. The molecule has 5 nitrogen and oxygen atoms in total. The summed E-state index contributed by atoms with van der Waals surface area (Å²) in [5, 5.41) is 27.4. The Morgan fingerprint density at radius 3 is 2.62 bits per heavy atom. The maximum atomic E-state index is 9.38. The number of ether oxygens (including phenoxy) is 2. The van der Waals surface area contributed by atoms with Gasteiger partial charge in [0.05, 0.1) is 13.2 Å². The molecule has 77 valence electrons. The van der Waals surface area contributed by atoms with Gasteiger partial charge in [0.1, 0.15) is 18.3 Å². The summed E-state index contributed by atoms with van der Waals surface area (Å²) >= 11 is 0. The van der Waals surface area contributed by atoms with Gasteiger partial charge >= 0.3 is 0 Å². The molecule has 0 aliphatic carbocycles. The van der Waals surface area contributed by atoms with Gasteiger partial charge in [0.15, 0.2) is 6.10 Å². The Morgan fingerprint density at radius 2 is 2.15 bits per heavy atom. The minimum Gasteiger partial charge on any atom is -0.394 e. The van der Waals surface area contributed by atoms with Crippen molar-refractivity contribution in [2.24, 2.45) is 0 Å². The summed E-state index contributed by atoms with van der Waals surface area (Å²) < 4.78 is 10.1. The van der Waals surface area contributed by atoms with Gasteiger partial charge in [0.25, 0.3) is 0 Å². The van der Waals surface area contributed by atoms with Crippen LogP contribution in [0.4, 0.5) is 0 Å². The Hall–Kier alpha value is -0.200. The van der Waals surface area contributed by atoms with Crippen molar-refractivity contribution in [2.45, 2.75) is 25.2 Å². The lowest BCUT2D eigenvalue weighted by Crippen LogP contribution is -2.32. The largest absolute Gasteiger partial charge is 0.394 e. The van der Waals surface area contributed by atoms with E-state index in [2.05, 4.69) is 0 Å². The molecule has 1 fully saturated rings. The molecule has 13 heavy (non-hydrogen) atoms. The average Bonchev–Trinajstić information content (AvgIpc) is 2.41. The predicted octanol–water partition coefficient (Wildman–Crippen LogP) is -1.33. The second-order valence-corrected chi connectivity index (χ2v) is 2.88. The lowest BCUT2D eigenvalue weighted by Gasteiger charge is -2.12. The van der Waals surface area contributed by atoms with Crippen LogP contribution in [-0.2, 0) is 9.47 Å². The molecule has 0 saturated carbocycles. The van der Waals surface area contributed by atoms with Gasteiger partial charge in [-0.05, 0) is 6.92 Å². The summed E-state index contributed by atoms with van der Waals surface area (Å²) in [6, 6.07) is 0. The highest BCUT2D eigenvalue weighted by atomic mass is 16.6. The molecule has 0 aromatic heterocycles. The fourth-order valence-corrected chi connectivity index (χ4v) is 1.19. The van der Waals surface area contributed by atoms with E-state index in [9.17, 15) is 10.2 Å². The number of hydrogen-bond donors (Lipinski definition) is 3. The predicted molar refractivity (Wildman–Crippen MR) is 43.7 cm³/mol. The smallest absolute Gasteiger partial charge is 0.154 e.